The summed E-state index contributed by atoms with van der Waals surface area (Å²) in [6.45, 7) is 16.0. The zero-order valence-electron chi connectivity index (χ0n) is 12.6. The van der Waals surface area contributed by atoms with Crippen molar-refractivity contribution in [3.8, 4) is 0 Å². The molecular weight excluding hydrogens is 226 g/mol. The molecule has 0 aromatic carbocycles. The van der Waals surface area contributed by atoms with Gasteiger partial charge in [-0.2, -0.15) is 0 Å². The second-order valence-electron chi connectivity index (χ2n) is 7.02. The van der Waals surface area contributed by atoms with Gasteiger partial charge < -0.3 is 9.74 Å². The molecule has 1 fully saturated rings. The first-order valence-electron chi connectivity index (χ1n) is 7.13. The van der Waals surface area contributed by atoms with Crippen molar-refractivity contribution in [2.45, 2.75) is 71.1 Å². The first-order chi connectivity index (χ1) is 7.76. The monoisotopic (exact) mass is 257 g/mol. The Balaban J connectivity index is 2.40. The fourth-order valence-corrected chi connectivity index (χ4v) is 3.17. The Hall–Kier alpha value is 0.137. The highest BCUT2D eigenvalue weighted by atomic mass is 28.4. The maximum absolute atomic E-state index is 6.30. The van der Waals surface area contributed by atoms with Crippen LogP contribution in [0, 0.1) is 5.92 Å². The van der Waals surface area contributed by atoms with Crippen molar-refractivity contribution in [3.05, 3.63) is 0 Å². The Morgan fingerprint density at radius 2 is 1.94 bits per heavy atom. The van der Waals surface area contributed by atoms with E-state index in [1.165, 1.54) is 25.8 Å². The maximum Gasteiger partial charge on any atom is 0.192 e. The molecular formula is C14H31NOSi. The first kappa shape index (κ1) is 15.2. The molecule has 1 aliphatic rings. The zero-order chi connectivity index (χ0) is 13.1. The van der Waals surface area contributed by atoms with Crippen LogP contribution in [0.2, 0.25) is 18.1 Å². The van der Waals surface area contributed by atoms with E-state index in [1.807, 2.05) is 0 Å². The highest BCUT2D eigenvalue weighted by Crippen LogP contribution is 2.36. The Kier molecular flexibility index (Phi) is 5.23. The van der Waals surface area contributed by atoms with Crippen LogP contribution in [0.3, 0.4) is 0 Å². The predicted molar refractivity (Wildman–Crippen MR) is 78.0 cm³/mol. The van der Waals surface area contributed by atoms with E-state index in [9.17, 15) is 0 Å². The molecule has 2 nitrogen and oxygen atoms in total. The average Bonchev–Trinajstić information content (AvgIpc) is 2.25. The normalized spacial score (nSPS) is 27.2. The van der Waals surface area contributed by atoms with Crippen LogP contribution >= 0.6 is 0 Å². The van der Waals surface area contributed by atoms with Gasteiger partial charge in [0.15, 0.2) is 8.32 Å². The number of rotatable bonds is 4. The van der Waals surface area contributed by atoms with Crippen LogP contribution in [0.1, 0.15) is 47.0 Å². The molecule has 2 atom stereocenters. The van der Waals surface area contributed by atoms with Gasteiger partial charge >= 0.3 is 0 Å². The fraction of sp³-hybridized carbons (Fsp3) is 1.00. The minimum absolute atomic E-state index is 0.325. The highest BCUT2D eigenvalue weighted by molar-refractivity contribution is 6.74. The average molecular weight is 257 g/mol. The van der Waals surface area contributed by atoms with Gasteiger partial charge in [-0.05, 0) is 43.4 Å². The molecule has 1 aliphatic heterocycles. The van der Waals surface area contributed by atoms with Gasteiger partial charge in [0, 0.05) is 12.6 Å². The number of hydrogen-bond donors (Lipinski definition) is 1. The second kappa shape index (κ2) is 5.85. The summed E-state index contributed by atoms with van der Waals surface area (Å²) in [5.41, 5.74) is 0. The second-order valence-corrected chi connectivity index (χ2v) is 11.8. The summed E-state index contributed by atoms with van der Waals surface area (Å²) in [5.74, 6) is 0.907. The molecule has 1 N–H and O–H groups in total. The van der Waals surface area contributed by atoms with Gasteiger partial charge in [-0.15, -0.1) is 0 Å². The summed E-state index contributed by atoms with van der Waals surface area (Å²) < 4.78 is 6.30. The number of hydrogen-bond acceptors (Lipinski definition) is 2. The standard InChI is InChI=1S/C14H31NOSi/c1-7-12-8-9-15-13(10-12)11-16-17(5,6)14(2,3)4/h12-13,15H,7-11H2,1-6H3. The third-order valence-electron chi connectivity index (χ3n) is 4.63. The summed E-state index contributed by atoms with van der Waals surface area (Å²) in [6.07, 6.45) is 3.95. The van der Waals surface area contributed by atoms with Crippen LogP contribution in [0.4, 0.5) is 0 Å². The third kappa shape index (κ3) is 4.38. The minimum Gasteiger partial charge on any atom is -0.415 e. The van der Waals surface area contributed by atoms with Crippen molar-refractivity contribution in [2.75, 3.05) is 13.2 Å². The molecule has 17 heavy (non-hydrogen) atoms. The van der Waals surface area contributed by atoms with Crippen LogP contribution in [-0.4, -0.2) is 27.5 Å². The molecule has 0 aromatic rings. The molecule has 1 heterocycles. The van der Waals surface area contributed by atoms with Crippen LogP contribution in [0.25, 0.3) is 0 Å². The molecule has 0 aromatic heterocycles. The molecule has 0 amide bonds. The Labute approximate surface area is 109 Å². The van der Waals surface area contributed by atoms with Crippen LogP contribution in [0.15, 0.2) is 0 Å². The maximum atomic E-state index is 6.30. The van der Waals surface area contributed by atoms with Crippen LogP contribution in [0.5, 0.6) is 0 Å². The van der Waals surface area contributed by atoms with E-state index in [0.717, 1.165) is 12.5 Å². The lowest BCUT2D eigenvalue weighted by Gasteiger charge is -2.38. The molecule has 3 heteroatoms. The van der Waals surface area contributed by atoms with E-state index >= 15 is 0 Å². The van der Waals surface area contributed by atoms with E-state index in [2.05, 4.69) is 46.1 Å². The summed E-state index contributed by atoms with van der Waals surface area (Å²) in [6, 6.07) is 0.586. The first-order valence-corrected chi connectivity index (χ1v) is 10.0. The summed E-state index contributed by atoms with van der Waals surface area (Å²) in [4.78, 5) is 0. The van der Waals surface area contributed by atoms with Crippen molar-refractivity contribution in [1.82, 2.24) is 5.32 Å². The van der Waals surface area contributed by atoms with Gasteiger partial charge in [0.05, 0.1) is 0 Å². The van der Waals surface area contributed by atoms with E-state index in [4.69, 9.17) is 4.43 Å². The van der Waals surface area contributed by atoms with Crippen molar-refractivity contribution < 1.29 is 4.43 Å². The van der Waals surface area contributed by atoms with E-state index in [1.54, 1.807) is 0 Å². The highest BCUT2D eigenvalue weighted by Gasteiger charge is 2.37. The van der Waals surface area contributed by atoms with Gasteiger partial charge in [0.25, 0.3) is 0 Å². The fourth-order valence-electron chi connectivity index (χ4n) is 2.12. The van der Waals surface area contributed by atoms with Gasteiger partial charge in [-0.3, -0.25) is 0 Å². The van der Waals surface area contributed by atoms with Crippen molar-refractivity contribution in [3.63, 3.8) is 0 Å². The molecule has 102 valence electrons. The lowest BCUT2D eigenvalue weighted by Crippen LogP contribution is -2.47. The summed E-state index contributed by atoms with van der Waals surface area (Å²) >= 11 is 0. The molecule has 0 aliphatic carbocycles. The minimum atomic E-state index is -1.56. The molecule has 2 unspecified atom stereocenters. The third-order valence-corrected chi connectivity index (χ3v) is 9.13. The van der Waals surface area contributed by atoms with E-state index in [-0.39, 0.29) is 0 Å². The van der Waals surface area contributed by atoms with Gasteiger partial charge in [-0.1, -0.05) is 34.1 Å². The molecule has 0 spiro atoms. The van der Waals surface area contributed by atoms with Gasteiger partial charge in [0.2, 0.25) is 0 Å². The van der Waals surface area contributed by atoms with Gasteiger partial charge in [0.1, 0.15) is 0 Å². The topological polar surface area (TPSA) is 21.3 Å². The SMILES string of the molecule is CCC1CCNC(CO[Si](C)(C)C(C)(C)C)C1. The summed E-state index contributed by atoms with van der Waals surface area (Å²) in [5, 5.41) is 3.93. The molecule has 1 saturated heterocycles. The summed E-state index contributed by atoms with van der Waals surface area (Å²) in [7, 11) is -1.56. The van der Waals surface area contributed by atoms with Crippen LogP contribution in [-0.2, 0) is 4.43 Å². The Bertz CT molecular complexity index is 235. The molecule has 1 rings (SSSR count). The largest absolute Gasteiger partial charge is 0.415 e. The lowest BCUT2D eigenvalue weighted by molar-refractivity contribution is 0.193. The number of nitrogens with one attached hydrogen (secondary N) is 1. The van der Waals surface area contributed by atoms with E-state index in [0.29, 0.717) is 11.1 Å². The Morgan fingerprint density at radius 3 is 2.47 bits per heavy atom. The van der Waals surface area contributed by atoms with Crippen molar-refractivity contribution >= 4 is 8.32 Å². The molecule has 0 saturated carbocycles. The molecule has 0 bridgehead atoms. The molecule has 0 radical (unpaired) electrons. The van der Waals surface area contributed by atoms with E-state index < -0.39 is 8.32 Å². The predicted octanol–water partition coefficient (Wildman–Crippen LogP) is 3.79. The van der Waals surface area contributed by atoms with Gasteiger partial charge in [-0.25, -0.2) is 0 Å². The number of piperidine rings is 1. The van der Waals surface area contributed by atoms with Crippen molar-refractivity contribution in [1.29, 1.82) is 0 Å². The smallest absolute Gasteiger partial charge is 0.192 e. The zero-order valence-corrected chi connectivity index (χ0v) is 13.6. The quantitative estimate of drug-likeness (QED) is 0.774. The Morgan fingerprint density at radius 1 is 1.29 bits per heavy atom. The lowest BCUT2D eigenvalue weighted by atomic mass is 9.91. The van der Waals surface area contributed by atoms with Crippen LogP contribution < -0.4 is 5.32 Å². The van der Waals surface area contributed by atoms with Crippen molar-refractivity contribution in [2.24, 2.45) is 5.92 Å².